The van der Waals surface area contributed by atoms with Gasteiger partial charge in [-0.2, -0.15) is 8.42 Å². The number of sulfonamides is 1. The lowest BCUT2D eigenvalue weighted by atomic mass is 10.2. The molecule has 1 heterocycles. The van der Waals surface area contributed by atoms with Crippen LogP contribution in [0.1, 0.15) is 6.42 Å². The summed E-state index contributed by atoms with van der Waals surface area (Å²) < 4.78 is 57.8. The highest BCUT2D eigenvalue weighted by molar-refractivity contribution is 7.93. The molecule has 0 aromatic heterocycles. The van der Waals surface area contributed by atoms with Gasteiger partial charge in [0.05, 0.1) is 24.2 Å². The van der Waals surface area contributed by atoms with E-state index in [1.54, 1.807) is 0 Å². The number of hydrogen-bond donors (Lipinski definition) is 2. The molecule has 1 fully saturated rings. The van der Waals surface area contributed by atoms with E-state index in [4.69, 9.17) is 4.74 Å². The minimum absolute atomic E-state index is 0.0720. The third-order valence-corrected chi connectivity index (χ3v) is 5.97. The Hall–Kier alpha value is -1.52. The molecule has 1 aliphatic heterocycles. The minimum Gasteiger partial charge on any atom is -0.495 e. The fourth-order valence-corrected chi connectivity index (χ4v) is 4.17. The van der Waals surface area contributed by atoms with E-state index in [-0.39, 0.29) is 11.4 Å². The first kappa shape index (κ1) is 15.9. The molecule has 0 amide bonds. The van der Waals surface area contributed by atoms with Gasteiger partial charge in [-0.25, -0.2) is 13.1 Å². The Bertz CT molecular complexity index is 730. The van der Waals surface area contributed by atoms with Gasteiger partial charge in [-0.3, -0.25) is 9.03 Å². The summed E-state index contributed by atoms with van der Waals surface area (Å²) in [7, 11) is -4.34. The number of nitrogens with one attached hydrogen (secondary N) is 2. The van der Waals surface area contributed by atoms with Crippen molar-refractivity contribution in [3.8, 4) is 5.75 Å². The molecule has 1 aliphatic rings. The Balaban J connectivity index is 2.44. The van der Waals surface area contributed by atoms with E-state index in [1.165, 1.54) is 36.7 Å². The minimum atomic E-state index is -3.67. The highest BCUT2D eigenvalue weighted by Gasteiger charge is 2.30. The van der Waals surface area contributed by atoms with Gasteiger partial charge in [-0.15, -0.1) is 0 Å². The molecular formula is C11H17N3O5S2. The molecule has 2 rings (SSSR count). The van der Waals surface area contributed by atoms with Crippen molar-refractivity contribution in [2.45, 2.75) is 6.42 Å². The molecule has 0 saturated carbocycles. The van der Waals surface area contributed by atoms with E-state index < -0.39 is 20.2 Å². The van der Waals surface area contributed by atoms with Gasteiger partial charge in [0.1, 0.15) is 5.75 Å². The molecule has 0 aliphatic carbocycles. The van der Waals surface area contributed by atoms with Crippen LogP contribution >= 0.6 is 0 Å². The summed E-state index contributed by atoms with van der Waals surface area (Å²) in [5.74, 6) is 0.440. The van der Waals surface area contributed by atoms with Crippen molar-refractivity contribution in [1.29, 1.82) is 0 Å². The number of methoxy groups -OCH3 is 1. The molecular weight excluding hydrogens is 318 g/mol. The van der Waals surface area contributed by atoms with Crippen molar-refractivity contribution >= 4 is 31.6 Å². The third kappa shape index (κ3) is 3.39. The Morgan fingerprint density at radius 1 is 1.33 bits per heavy atom. The van der Waals surface area contributed by atoms with Crippen LogP contribution in [0.15, 0.2) is 18.2 Å². The van der Waals surface area contributed by atoms with Crippen molar-refractivity contribution in [3.05, 3.63) is 18.2 Å². The van der Waals surface area contributed by atoms with Crippen LogP contribution in [-0.4, -0.2) is 43.3 Å². The number of anilines is 2. The van der Waals surface area contributed by atoms with Gasteiger partial charge in [-0.1, -0.05) is 0 Å². The van der Waals surface area contributed by atoms with Crippen molar-refractivity contribution in [2.24, 2.45) is 0 Å². The van der Waals surface area contributed by atoms with Gasteiger partial charge < -0.3 is 4.74 Å². The molecule has 118 valence electrons. The summed E-state index contributed by atoms with van der Waals surface area (Å²) in [6, 6.07) is 4.47. The Kier molecular flexibility index (Phi) is 4.30. The lowest BCUT2D eigenvalue weighted by molar-refractivity contribution is 0.415. The predicted molar refractivity (Wildman–Crippen MR) is 80.3 cm³/mol. The second kappa shape index (κ2) is 5.70. The van der Waals surface area contributed by atoms with Gasteiger partial charge in [0.25, 0.3) is 10.2 Å². The van der Waals surface area contributed by atoms with Crippen LogP contribution in [0, 0.1) is 0 Å². The van der Waals surface area contributed by atoms with E-state index in [0.717, 1.165) is 0 Å². The molecule has 0 unspecified atom stereocenters. The maximum Gasteiger partial charge on any atom is 0.298 e. The number of rotatable bonds is 5. The van der Waals surface area contributed by atoms with E-state index in [2.05, 4.69) is 9.44 Å². The molecule has 0 atom stereocenters. The summed E-state index contributed by atoms with van der Waals surface area (Å²) in [4.78, 5) is 0. The molecule has 0 bridgehead atoms. The summed E-state index contributed by atoms with van der Waals surface area (Å²) >= 11 is 0. The van der Waals surface area contributed by atoms with Crippen molar-refractivity contribution in [3.63, 3.8) is 0 Å². The van der Waals surface area contributed by atoms with Crippen LogP contribution in [0.2, 0.25) is 0 Å². The van der Waals surface area contributed by atoms with Gasteiger partial charge in [0.2, 0.25) is 10.0 Å². The first-order valence-corrected chi connectivity index (χ1v) is 9.28. The monoisotopic (exact) mass is 335 g/mol. The fraction of sp³-hybridized carbons (Fsp3) is 0.455. The molecule has 1 aromatic rings. The average molecular weight is 335 g/mol. The average Bonchev–Trinajstić information content (AvgIpc) is 2.77. The number of nitrogens with zero attached hydrogens (tertiary/aromatic N) is 1. The maximum absolute atomic E-state index is 12.0. The second-order valence-electron chi connectivity index (χ2n) is 4.44. The first-order chi connectivity index (χ1) is 9.79. The highest BCUT2D eigenvalue weighted by Crippen LogP contribution is 2.35. The van der Waals surface area contributed by atoms with E-state index in [9.17, 15) is 16.8 Å². The van der Waals surface area contributed by atoms with Gasteiger partial charge >= 0.3 is 0 Å². The summed E-state index contributed by atoms with van der Waals surface area (Å²) in [5.41, 5.74) is 0.577. The van der Waals surface area contributed by atoms with Crippen LogP contribution in [-0.2, 0) is 20.2 Å². The molecule has 1 saturated heterocycles. The van der Waals surface area contributed by atoms with Crippen molar-refractivity contribution in [2.75, 3.05) is 35.5 Å². The SMILES string of the molecule is CNS(=O)(=O)Nc1ccc(OC)c(N2CCCS2(=O)=O)c1. The smallest absolute Gasteiger partial charge is 0.298 e. The molecule has 8 nitrogen and oxygen atoms in total. The Morgan fingerprint density at radius 2 is 2.05 bits per heavy atom. The lowest BCUT2D eigenvalue weighted by Gasteiger charge is -2.20. The van der Waals surface area contributed by atoms with Crippen LogP contribution < -0.4 is 18.5 Å². The largest absolute Gasteiger partial charge is 0.495 e. The predicted octanol–water partition coefficient (Wildman–Crippen LogP) is 0.111. The normalized spacial score (nSPS) is 17.7. The molecule has 10 heteroatoms. The van der Waals surface area contributed by atoms with Crippen LogP contribution in [0.5, 0.6) is 5.75 Å². The number of hydrogen-bond acceptors (Lipinski definition) is 5. The summed E-state index contributed by atoms with van der Waals surface area (Å²) in [6.07, 6.45) is 0.526. The molecule has 2 N–H and O–H groups in total. The second-order valence-corrected chi connectivity index (χ2v) is 8.07. The highest BCUT2D eigenvalue weighted by atomic mass is 32.2. The van der Waals surface area contributed by atoms with E-state index in [1.807, 2.05) is 0 Å². The van der Waals surface area contributed by atoms with Gasteiger partial charge in [0.15, 0.2) is 0 Å². The molecule has 0 radical (unpaired) electrons. The zero-order chi connectivity index (χ0) is 15.7. The molecule has 21 heavy (non-hydrogen) atoms. The zero-order valence-corrected chi connectivity index (χ0v) is 13.3. The first-order valence-electron chi connectivity index (χ1n) is 6.19. The van der Waals surface area contributed by atoms with Crippen molar-refractivity contribution < 1.29 is 21.6 Å². The Morgan fingerprint density at radius 3 is 2.57 bits per heavy atom. The topological polar surface area (TPSA) is 105 Å². The van der Waals surface area contributed by atoms with E-state index in [0.29, 0.717) is 24.4 Å². The number of benzene rings is 1. The lowest BCUT2D eigenvalue weighted by Crippen LogP contribution is -2.27. The fourth-order valence-electron chi connectivity index (χ4n) is 2.06. The van der Waals surface area contributed by atoms with Crippen LogP contribution in [0.3, 0.4) is 0 Å². The Labute approximate surface area is 124 Å². The third-order valence-electron chi connectivity index (χ3n) is 3.07. The number of ether oxygens (including phenoxy) is 1. The molecule has 1 aromatic carbocycles. The zero-order valence-electron chi connectivity index (χ0n) is 11.7. The maximum atomic E-state index is 12.0. The molecule has 0 spiro atoms. The summed E-state index contributed by atoms with van der Waals surface area (Å²) in [6.45, 7) is 0.348. The van der Waals surface area contributed by atoms with Crippen LogP contribution in [0.25, 0.3) is 0 Å². The quantitative estimate of drug-likeness (QED) is 0.795. The standard InChI is InChI=1S/C11H17N3O5S2/c1-12-21(17,18)13-9-4-5-11(19-2)10(8-9)14-6-3-7-20(14,15)16/h4-5,8,12-13H,3,6-7H2,1-2H3. The summed E-state index contributed by atoms with van der Waals surface area (Å²) in [5, 5.41) is 0. The van der Waals surface area contributed by atoms with Crippen molar-refractivity contribution in [1.82, 2.24) is 4.72 Å². The van der Waals surface area contributed by atoms with Gasteiger partial charge in [0, 0.05) is 13.6 Å². The van der Waals surface area contributed by atoms with E-state index >= 15 is 0 Å². The van der Waals surface area contributed by atoms with Crippen LogP contribution in [0.4, 0.5) is 11.4 Å². The van der Waals surface area contributed by atoms with Gasteiger partial charge in [-0.05, 0) is 24.6 Å².